The van der Waals surface area contributed by atoms with E-state index in [2.05, 4.69) is 13.8 Å². The van der Waals surface area contributed by atoms with Crippen LogP contribution in [0.15, 0.2) is 18.2 Å². The molecule has 0 bridgehead atoms. The molecule has 1 aromatic carbocycles. The third-order valence-electron chi connectivity index (χ3n) is 5.78. The van der Waals surface area contributed by atoms with E-state index in [9.17, 15) is 9.90 Å². The number of fused-ring (bicyclic) bond motifs is 3. The van der Waals surface area contributed by atoms with Gasteiger partial charge in [-0.05, 0) is 57.6 Å². The lowest BCUT2D eigenvalue weighted by Crippen LogP contribution is -2.43. The predicted molar refractivity (Wildman–Crippen MR) is 96.0 cm³/mol. The average molecular weight is 342 g/mol. The quantitative estimate of drug-likeness (QED) is 0.851. The summed E-state index contributed by atoms with van der Waals surface area (Å²) in [6, 6.07) is 3.55. The minimum absolute atomic E-state index is 0.119. The third-order valence-corrected chi connectivity index (χ3v) is 5.78. The monoisotopic (exact) mass is 342 g/mol. The first-order valence-electron chi connectivity index (χ1n) is 9.41. The van der Waals surface area contributed by atoms with E-state index < -0.39 is 5.60 Å². The largest absolute Gasteiger partial charge is 0.507 e. The van der Waals surface area contributed by atoms with Crippen molar-refractivity contribution in [2.75, 3.05) is 0 Å². The highest BCUT2D eigenvalue weighted by atomic mass is 16.5. The molecule has 0 radical (unpaired) electrons. The molecule has 1 N–H and O–H groups in total. The highest BCUT2D eigenvalue weighted by Crippen LogP contribution is 2.52. The van der Waals surface area contributed by atoms with Gasteiger partial charge in [-0.3, -0.25) is 4.79 Å². The van der Waals surface area contributed by atoms with Crippen LogP contribution in [0, 0.1) is 5.92 Å². The number of hydrogen-bond acceptors (Lipinski definition) is 4. The lowest BCUT2D eigenvalue weighted by molar-refractivity contribution is -0.115. The van der Waals surface area contributed by atoms with Crippen LogP contribution in [0.3, 0.4) is 0 Å². The second kappa shape index (κ2) is 6.08. The highest BCUT2D eigenvalue weighted by molar-refractivity contribution is 6.01. The molecule has 1 atom stereocenters. The fourth-order valence-corrected chi connectivity index (χ4v) is 4.50. The molecular formula is C21H26O4. The first-order chi connectivity index (χ1) is 11.9. The summed E-state index contributed by atoms with van der Waals surface area (Å²) in [6.07, 6.45) is 9.00. The Hall–Kier alpha value is -1.97. The van der Waals surface area contributed by atoms with Crippen LogP contribution in [0.1, 0.15) is 64.4 Å². The van der Waals surface area contributed by atoms with E-state index in [0.29, 0.717) is 23.5 Å². The molecule has 0 amide bonds. The van der Waals surface area contributed by atoms with Gasteiger partial charge >= 0.3 is 0 Å². The van der Waals surface area contributed by atoms with Crippen LogP contribution in [0.5, 0.6) is 17.2 Å². The smallest absolute Gasteiger partial charge is 0.156 e. The third kappa shape index (κ3) is 3.03. The molecule has 134 valence electrons. The molecule has 0 aromatic heterocycles. The summed E-state index contributed by atoms with van der Waals surface area (Å²) < 4.78 is 12.3. The second-order valence-electron chi connectivity index (χ2n) is 8.06. The average Bonchev–Trinajstić information content (AvgIpc) is 2.54. The first-order valence-corrected chi connectivity index (χ1v) is 9.41. The minimum atomic E-state index is -0.407. The molecule has 1 fully saturated rings. The Bertz CT molecular complexity index is 726. The number of allylic oxidation sites excluding steroid dienone is 1. The zero-order chi connectivity index (χ0) is 17.6. The van der Waals surface area contributed by atoms with Gasteiger partial charge in [0.2, 0.25) is 0 Å². The topological polar surface area (TPSA) is 55.8 Å². The summed E-state index contributed by atoms with van der Waals surface area (Å²) in [6.45, 7) is 4.10. The standard InChI is InChI=1S/C21H26O4/c1-21(2)17-9-8-13(22)10-16(17)20-18(23)11-15(12-19(20)25-21)24-14-6-4-3-5-7-14/h10-12,14,17,23H,3-9H2,1-2H3. The van der Waals surface area contributed by atoms with E-state index in [1.807, 2.05) is 6.07 Å². The van der Waals surface area contributed by atoms with Crippen LogP contribution in [0.25, 0.3) is 5.57 Å². The van der Waals surface area contributed by atoms with Crippen LogP contribution in [0.2, 0.25) is 0 Å². The van der Waals surface area contributed by atoms with E-state index in [4.69, 9.17) is 9.47 Å². The van der Waals surface area contributed by atoms with E-state index in [1.165, 1.54) is 19.3 Å². The Morgan fingerprint density at radius 3 is 2.68 bits per heavy atom. The fraction of sp³-hybridized carbons (Fsp3) is 0.571. The predicted octanol–water partition coefficient (Wildman–Crippen LogP) is 4.64. The van der Waals surface area contributed by atoms with Crippen molar-refractivity contribution in [3.05, 3.63) is 23.8 Å². The van der Waals surface area contributed by atoms with Gasteiger partial charge in [-0.25, -0.2) is 0 Å². The zero-order valence-electron chi connectivity index (χ0n) is 15.0. The molecule has 4 nitrogen and oxygen atoms in total. The highest BCUT2D eigenvalue weighted by Gasteiger charge is 2.43. The SMILES string of the molecule is CC1(C)Oc2cc(OC3CCCCC3)cc(O)c2C2=CC(=O)CCC21. The van der Waals surface area contributed by atoms with Crippen LogP contribution in [0.4, 0.5) is 0 Å². The van der Waals surface area contributed by atoms with Crippen molar-refractivity contribution in [1.29, 1.82) is 0 Å². The van der Waals surface area contributed by atoms with E-state index in [-0.39, 0.29) is 23.6 Å². The Balaban J connectivity index is 1.71. The van der Waals surface area contributed by atoms with Crippen molar-refractivity contribution in [2.45, 2.75) is 70.5 Å². The summed E-state index contributed by atoms with van der Waals surface area (Å²) in [5.41, 5.74) is 1.16. The molecule has 1 aliphatic heterocycles. The van der Waals surface area contributed by atoms with Crippen LogP contribution in [-0.4, -0.2) is 22.6 Å². The Kier molecular flexibility index (Phi) is 4.01. The zero-order valence-corrected chi connectivity index (χ0v) is 15.0. The van der Waals surface area contributed by atoms with Crippen molar-refractivity contribution in [3.63, 3.8) is 0 Å². The van der Waals surface area contributed by atoms with Gasteiger partial charge < -0.3 is 14.6 Å². The van der Waals surface area contributed by atoms with Crippen LogP contribution >= 0.6 is 0 Å². The Morgan fingerprint density at radius 1 is 1.16 bits per heavy atom. The summed E-state index contributed by atoms with van der Waals surface area (Å²) in [4.78, 5) is 12.0. The number of ether oxygens (including phenoxy) is 2. The van der Waals surface area contributed by atoms with Gasteiger partial charge in [0.1, 0.15) is 22.8 Å². The van der Waals surface area contributed by atoms with Gasteiger partial charge in [0.05, 0.1) is 11.7 Å². The fourth-order valence-electron chi connectivity index (χ4n) is 4.50. The van der Waals surface area contributed by atoms with Crippen molar-refractivity contribution < 1.29 is 19.4 Å². The lowest BCUT2D eigenvalue weighted by Gasteiger charge is -2.43. The first kappa shape index (κ1) is 16.5. The molecule has 4 heteroatoms. The normalized spacial score (nSPS) is 25.4. The number of ketones is 1. The number of phenols is 1. The molecule has 3 aliphatic rings. The maximum Gasteiger partial charge on any atom is 0.156 e. The van der Waals surface area contributed by atoms with Gasteiger partial charge in [0, 0.05) is 24.5 Å². The van der Waals surface area contributed by atoms with Gasteiger partial charge in [0.15, 0.2) is 5.78 Å². The van der Waals surface area contributed by atoms with Crippen LogP contribution in [-0.2, 0) is 4.79 Å². The van der Waals surface area contributed by atoms with Gasteiger partial charge in [-0.15, -0.1) is 0 Å². The van der Waals surface area contributed by atoms with Gasteiger partial charge in [-0.2, -0.15) is 0 Å². The molecule has 2 aliphatic carbocycles. The summed E-state index contributed by atoms with van der Waals surface area (Å²) in [7, 11) is 0. The maximum atomic E-state index is 12.0. The lowest BCUT2D eigenvalue weighted by atomic mass is 9.72. The Labute approximate surface area is 148 Å². The number of carbonyl (C=O) groups is 1. The molecule has 0 saturated heterocycles. The summed E-state index contributed by atoms with van der Waals surface area (Å²) >= 11 is 0. The van der Waals surface area contributed by atoms with Crippen molar-refractivity contribution in [2.24, 2.45) is 5.92 Å². The van der Waals surface area contributed by atoms with E-state index >= 15 is 0 Å². The summed E-state index contributed by atoms with van der Waals surface area (Å²) in [5, 5.41) is 10.6. The molecular weight excluding hydrogens is 316 g/mol. The number of carbonyl (C=O) groups excluding carboxylic acids is 1. The Morgan fingerprint density at radius 2 is 1.92 bits per heavy atom. The molecule has 1 saturated carbocycles. The van der Waals surface area contributed by atoms with Crippen LogP contribution < -0.4 is 9.47 Å². The van der Waals surface area contributed by atoms with Crippen molar-refractivity contribution in [3.8, 4) is 17.2 Å². The van der Waals surface area contributed by atoms with E-state index in [1.54, 1.807) is 12.1 Å². The molecule has 0 spiro atoms. The number of rotatable bonds is 2. The maximum absolute atomic E-state index is 12.0. The minimum Gasteiger partial charge on any atom is -0.507 e. The number of hydrogen-bond donors (Lipinski definition) is 1. The second-order valence-corrected chi connectivity index (χ2v) is 8.06. The molecule has 1 aromatic rings. The van der Waals surface area contributed by atoms with Gasteiger partial charge in [0.25, 0.3) is 0 Å². The van der Waals surface area contributed by atoms with Crippen molar-refractivity contribution in [1.82, 2.24) is 0 Å². The molecule has 25 heavy (non-hydrogen) atoms. The van der Waals surface area contributed by atoms with Gasteiger partial charge in [-0.1, -0.05) is 6.42 Å². The molecule has 1 unspecified atom stereocenters. The number of aromatic hydroxyl groups is 1. The van der Waals surface area contributed by atoms with E-state index in [0.717, 1.165) is 24.8 Å². The molecule has 1 heterocycles. The molecule has 4 rings (SSSR count). The number of phenolic OH excluding ortho intramolecular Hbond substituents is 1. The summed E-state index contributed by atoms with van der Waals surface area (Å²) in [5.74, 6) is 1.66. The van der Waals surface area contributed by atoms with Crippen molar-refractivity contribution >= 4 is 11.4 Å². The number of benzene rings is 1.